The van der Waals surface area contributed by atoms with E-state index in [0.29, 0.717) is 12.5 Å². The van der Waals surface area contributed by atoms with Crippen molar-refractivity contribution < 1.29 is 4.79 Å². The molecule has 20 heavy (non-hydrogen) atoms. The summed E-state index contributed by atoms with van der Waals surface area (Å²) >= 11 is 1.59. The average molecular weight is 298 g/mol. The van der Waals surface area contributed by atoms with E-state index in [4.69, 9.17) is 5.73 Å². The van der Waals surface area contributed by atoms with Gasteiger partial charge in [0.1, 0.15) is 0 Å². The van der Waals surface area contributed by atoms with Gasteiger partial charge in [0.2, 0.25) is 11.1 Å². The van der Waals surface area contributed by atoms with Gasteiger partial charge in [0.25, 0.3) is 0 Å². The third-order valence-electron chi connectivity index (χ3n) is 3.56. The third kappa shape index (κ3) is 3.92. The number of nitrogens with zero attached hydrogens (tertiary/aromatic N) is 4. The first kappa shape index (κ1) is 15.2. The highest BCUT2D eigenvalue weighted by atomic mass is 32.2. The molecule has 2 rings (SSSR count). The number of carbonyl (C=O) groups excluding carboxylic acids is 1. The fraction of sp³-hybridized carbons (Fsp3) is 0.833. The molecule has 1 unspecified atom stereocenters. The Morgan fingerprint density at radius 2 is 2.30 bits per heavy atom. The zero-order chi connectivity index (χ0) is 14.4. The van der Waals surface area contributed by atoms with Crippen LogP contribution in [0.4, 0.5) is 0 Å². The molecular weight excluding hydrogens is 276 g/mol. The van der Waals surface area contributed by atoms with E-state index < -0.39 is 0 Å². The standard InChI is InChI=1S/C12H22N6OS/c1-2-14-10(11(13)19)7-8-20-12-15-16-17-18(12)9-5-3-4-6-9/h9-10,14H,2-8H2,1H3,(H2,13,19). The maximum atomic E-state index is 11.3. The molecule has 0 aliphatic heterocycles. The number of aromatic nitrogens is 4. The highest BCUT2D eigenvalue weighted by Gasteiger charge is 2.22. The Hall–Kier alpha value is -1.15. The van der Waals surface area contributed by atoms with Crippen LogP contribution < -0.4 is 11.1 Å². The number of tetrazole rings is 1. The van der Waals surface area contributed by atoms with Gasteiger partial charge in [-0.05, 0) is 36.2 Å². The van der Waals surface area contributed by atoms with E-state index in [2.05, 4.69) is 20.8 Å². The number of carbonyl (C=O) groups is 1. The summed E-state index contributed by atoms with van der Waals surface area (Å²) in [5.74, 6) is 0.469. The van der Waals surface area contributed by atoms with Crippen molar-refractivity contribution in [2.75, 3.05) is 12.3 Å². The zero-order valence-electron chi connectivity index (χ0n) is 11.8. The molecule has 0 aromatic carbocycles. The maximum Gasteiger partial charge on any atom is 0.234 e. The molecule has 1 aromatic heterocycles. The number of nitrogens with two attached hydrogens (primary N) is 1. The van der Waals surface area contributed by atoms with Crippen LogP contribution >= 0.6 is 11.8 Å². The van der Waals surface area contributed by atoms with Crippen LogP contribution in [0.5, 0.6) is 0 Å². The molecule has 0 spiro atoms. The van der Waals surface area contributed by atoms with E-state index in [1.54, 1.807) is 11.8 Å². The summed E-state index contributed by atoms with van der Waals surface area (Å²) in [4.78, 5) is 11.3. The van der Waals surface area contributed by atoms with Gasteiger partial charge in [0.15, 0.2) is 0 Å². The predicted octanol–water partition coefficient (Wildman–Crippen LogP) is 0.734. The Morgan fingerprint density at radius 3 is 2.95 bits per heavy atom. The largest absolute Gasteiger partial charge is 0.368 e. The minimum absolute atomic E-state index is 0.275. The summed E-state index contributed by atoms with van der Waals surface area (Å²) < 4.78 is 1.93. The van der Waals surface area contributed by atoms with E-state index in [1.807, 2.05) is 11.6 Å². The molecule has 0 bridgehead atoms. The predicted molar refractivity (Wildman–Crippen MR) is 77.3 cm³/mol. The lowest BCUT2D eigenvalue weighted by Crippen LogP contribution is -2.41. The first-order valence-corrected chi connectivity index (χ1v) is 8.14. The lowest BCUT2D eigenvalue weighted by molar-refractivity contribution is -0.120. The lowest BCUT2D eigenvalue weighted by Gasteiger charge is -2.14. The Morgan fingerprint density at radius 1 is 1.55 bits per heavy atom. The van der Waals surface area contributed by atoms with Crippen molar-refractivity contribution in [3.05, 3.63) is 0 Å². The van der Waals surface area contributed by atoms with Gasteiger partial charge in [-0.15, -0.1) is 5.10 Å². The molecule has 1 amide bonds. The quantitative estimate of drug-likeness (QED) is 0.687. The molecule has 7 nitrogen and oxygen atoms in total. The SMILES string of the molecule is CCNC(CCSc1nnnn1C1CCCC1)C(N)=O. The van der Waals surface area contributed by atoms with Crippen LogP contribution in [-0.2, 0) is 4.79 Å². The molecular formula is C12H22N6OS. The molecule has 1 aliphatic rings. The van der Waals surface area contributed by atoms with Gasteiger partial charge >= 0.3 is 0 Å². The number of nitrogens with one attached hydrogen (secondary N) is 1. The smallest absolute Gasteiger partial charge is 0.234 e. The summed E-state index contributed by atoms with van der Waals surface area (Å²) in [5, 5.41) is 15.9. The molecule has 1 saturated carbocycles. The third-order valence-corrected chi connectivity index (χ3v) is 4.53. The Kier molecular flexibility index (Phi) is 5.78. The number of rotatable bonds is 8. The molecule has 1 aliphatic carbocycles. The fourth-order valence-corrected chi connectivity index (χ4v) is 3.47. The Bertz CT molecular complexity index is 431. The van der Waals surface area contributed by atoms with Crippen molar-refractivity contribution in [2.45, 2.75) is 56.3 Å². The van der Waals surface area contributed by atoms with E-state index in [0.717, 1.165) is 30.3 Å². The van der Waals surface area contributed by atoms with Crippen molar-refractivity contribution in [2.24, 2.45) is 5.73 Å². The van der Waals surface area contributed by atoms with Crippen LogP contribution in [0.15, 0.2) is 5.16 Å². The normalized spacial score (nSPS) is 17.4. The van der Waals surface area contributed by atoms with Crippen LogP contribution in [-0.4, -0.2) is 44.5 Å². The van der Waals surface area contributed by atoms with Gasteiger partial charge < -0.3 is 11.1 Å². The second-order valence-corrected chi connectivity index (χ2v) is 6.06. The molecule has 8 heteroatoms. The van der Waals surface area contributed by atoms with Gasteiger partial charge in [0, 0.05) is 5.75 Å². The van der Waals surface area contributed by atoms with E-state index in [-0.39, 0.29) is 11.9 Å². The number of hydrogen-bond donors (Lipinski definition) is 2. The first-order chi connectivity index (χ1) is 9.72. The van der Waals surface area contributed by atoms with Gasteiger partial charge in [-0.1, -0.05) is 31.5 Å². The monoisotopic (exact) mass is 298 g/mol. The molecule has 0 radical (unpaired) electrons. The summed E-state index contributed by atoms with van der Waals surface area (Å²) in [6.07, 6.45) is 5.49. The maximum absolute atomic E-state index is 11.3. The van der Waals surface area contributed by atoms with Gasteiger partial charge in [-0.25, -0.2) is 4.68 Å². The van der Waals surface area contributed by atoms with Crippen LogP contribution in [0, 0.1) is 0 Å². The van der Waals surface area contributed by atoms with Crippen molar-refractivity contribution in [3.8, 4) is 0 Å². The van der Waals surface area contributed by atoms with Gasteiger partial charge in [-0.2, -0.15) is 0 Å². The van der Waals surface area contributed by atoms with Crippen LogP contribution in [0.1, 0.15) is 45.1 Å². The second-order valence-electron chi connectivity index (χ2n) is 4.99. The number of primary amides is 1. The van der Waals surface area contributed by atoms with E-state index >= 15 is 0 Å². The molecule has 1 atom stereocenters. The summed E-state index contributed by atoms with van der Waals surface area (Å²) in [6, 6.07) is 0.163. The molecule has 112 valence electrons. The fourth-order valence-electron chi connectivity index (χ4n) is 2.52. The Labute approximate surface area is 123 Å². The van der Waals surface area contributed by atoms with Crippen molar-refractivity contribution in [3.63, 3.8) is 0 Å². The van der Waals surface area contributed by atoms with Crippen LogP contribution in [0.25, 0.3) is 0 Å². The highest BCUT2D eigenvalue weighted by molar-refractivity contribution is 7.99. The summed E-state index contributed by atoms with van der Waals surface area (Å²) in [6.45, 7) is 2.70. The summed E-state index contributed by atoms with van der Waals surface area (Å²) in [7, 11) is 0. The number of hydrogen-bond acceptors (Lipinski definition) is 6. The number of amides is 1. The van der Waals surface area contributed by atoms with E-state index in [9.17, 15) is 4.79 Å². The van der Waals surface area contributed by atoms with Crippen LogP contribution in [0.3, 0.4) is 0 Å². The minimum atomic E-state index is -0.303. The van der Waals surface area contributed by atoms with Gasteiger partial charge in [0.05, 0.1) is 12.1 Å². The number of likely N-dealkylation sites (N-methyl/N-ethyl adjacent to an activating group) is 1. The molecule has 1 heterocycles. The lowest BCUT2D eigenvalue weighted by atomic mass is 10.2. The topological polar surface area (TPSA) is 98.7 Å². The summed E-state index contributed by atoms with van der Waals surface area (Å²) in [5.41, 5.74) is 5.36. The van der Waals surface area contributed by atoms with Crippen molar-refractivity contribution in [1.82, 2.24) is 25.5 Å². The second kappa shape index (κ2) is 7.58. The average Bonchev–Trinajstić information content (AvgIpc) is 3.07. The molecule has 0 saturated heterocycles. The Balaban J connectivity index is 1.84. The number of thioether (sulfide) groups is 1. The molecule has 1 fully saturated rings. The zero-order valence-corrected chi connectivity index (χ0v) is 12.6. The molecule has 3 N–H and O–H groups in total. The first-order valence-electron chi connectivity index (χ1n) is 7.15. The van der Waals surface area contributed by atoms with Crippen molar-refractivity contribution >= 4 is 17.7 Å². The van der Waals surface area contributed by atoms with Crippen LogP contribution in [0.2, 0.25) is 0 Å². The van der Waals surface area contributed by atoms with Crippen molar-refractivity contribution in [1.29, 1.82) is 0 Å². The minimum Gasteiger partial charge on any atom is -0.368 e. The molecule has 1 aromatic rings. The van der Waals surface area contributed by atoms with Gasteiger partial charge in [-0.3, -0.25) is 4.79 Å². The highest BCUT2D eigenvalue weighted by Crippen LogP contribution is 2.31. The van der Waals surface area contributed by atoms with E-state index in [1.165, 1.54) is 12.8 Å².